The van der Waals surface area contributed by atoms with Gasteiger partial charge in [0.25, 0.3) is 0 Å². The standard InChI is InChI=1S/C25H18N2O3/c26-15-25(16-27)19(17-8-3-1-4-9-17)14-20(28)22(24(29)21-12-7-13-30-21)23(25)18-10-5-2-6-11-18/h1-13,19,23,29H,14H2/b24-22-/t19-,23+/m1/s1. The predicted molar refractivity (Wildman–Crippen MR) is 110 cm³/mol. The molecule has 3 aromatic rings. The van der Waals surface area contributed by atoms with Gasteiger partial charge in [-0.25, -0.2) is 0 Å². The lowest BCUT2D eigenvalue weighted by Crippen LogP contribution is -2.42. The number of furan rings is 1. The van der Waals surface area contributed by atoms with E-state index in [-0.39, 0.29) is 29.3 Å². The summed E-state index contributed by atoms with van der Waals surface area (Å²) in [5.41, 5.74) is -0.201. The van der Waals surface area contributed by atoms with Crippen molar-refractivity contribution in [1.82, 2.24) is 0 Å². The van der Waals surface area contributed by atoms with Gasteiger partial charge in [0, 0.05) is 18.3 Å². The van der Waals surface area contributed by atoms with E-state index in [2.05, 4.69) is 12.1 Å². The Labute approximate surface area is 174 Å². The predicted octanol–water partition coefficient (Wildman–Crippen LogP) is 5.12. The van der Waals surface area contributed by atoms with Crippen LogP contribution in [0.15, 0.2) is 89.0 Å². The van der Waals surface area contributed by atoms with Crippen LogP contribution in [0.5, 0.6) is 0 Å². The molecule has 1 N–H and O–H groups in total. The first-order chi connectivity index (χ1) is 14.6. The van der Waals surface area contributed by atoms with Crippen molar-refractivity contribution >= 4 is 11.5 Å². The molecule has 0 spiro atoms. The molecule has 1 aliphatic rings. The monoisotopic (exact) mass is 394 g/mol. The highest BCUT2D eigenvalue weighted by atomic mass is 16.4. The highest BCUT2D eigenvalue weighted by molar-refractivity contribution is 6.04. The summed E-state index contributed by atoms with van der Waals surface area (Å²) in [6.07, 6.45) is 1.33. The van der Waals surface area contributed by atoms with Crippen molar-refractivity contribution in [3.8, 4) is 12.1 Å². The second-order valence-electron chi connectivity index (χ2n) is 7.27. The molecule has 0 saturated heterocycles. The Balaban J connectivity index is 2.02. The summed E-state index contributed by atoms with van der Waals surface area (Å²) in [7, 11) is 0. The third-order valence-corrected chi connectivity index (χ3v) is 5.70. The first-order valence-electron chi connectivity index (χ1n) is 9.55. The van der Waals surface area contributed by atoms with Gasteiger partial charge in [0.05, 0.1) is 24.0 Å². The molecule has 1 saturated carbocycles. The van der Waals surface area contributed by atoms with Crippen molar-refractivity contribution in [3.63, 3.8) is 0 Å². The summed E-state index contributed by atoms with van der Waals surface area (Å²) in [4.78, 5) is 13.3. The van der Waals surface area contributed by atoms with Gasteiger partial charge in [-0.2, -0.15) is 10.5 Å². The fourth-order valence-corrected chi connectivity index (χ4v) is 4.31. The quantitative estimate of drug-likeness (QED) is 0.491. The third-order valence-electron chi connectivity index (χ3n) is 5.70. The van der Waals surface area contributed by atoms with Crippen molar-refractivity contribution < 1.29 is 14.3 Å². The van der Waals surface area contributed by atoms with Gasteiger partial charge in [0.1, 0.15) is 0 Å². The Morgan fingerprint density at radius 2 is 1.53 bits per heavy atom. The van der Waals surface area contributed by atoms with Crippen LogP contribution in [0.25, 0.3) is 5.76 Å². The van der Waals surface area contributed by atoms with E-state index in [0.29, 0.717) is 5.56 Å². The van der Waals surface area contributed by atoms with E-state index >= 15 is 0 Å². The normalized spacial score (nSPS) is 22.0. The largest absolute Gasteiger partial charge is 0.504 e. The molecule has 30 heavy (non-hydrogen) atoms. The van der Waals surface area contributed by atoms with Gasteiger partial charge < -0.3 is 9.52 Å². The Kier molecular flexibility index (Phi) is 4.96. The number of ketones is 1. The zero-order chi connectivity index (χ0) is 21.1. The van der Waals surface area contributed by atoms with E-state index in [1.165, 1.54) is 6.26 Å². The Bertz CT molecular complexity index is 1150. The summed E-state index contributed by atoms with van der Waals surface area (Å²) in [6, 6.07) is 25.7. The lowest BCUT2D eigenvalue weighted by molar-refractivity contribution is -0.118. The molecule has 4 rings (SSSR count). The molecular formula is C25H18N2O3. The van der Waals surface area contributed by atoms with E-state index in [1.807, 2.05) is 36.4 Å². The fourth-order valence-electron chi connectivity index (χ4n) is 4.31. The van der Waals surface area contributed by atoms with Crippen molar-refractivity contribution in [2.24, 2.45) is 5.41 Å². The average Bonchev–Trinajstić information content (AvgIpc) is 3.34. The maximum absolute atomic E-state index is 13.3. The molecule has 2 aromatic carbocycles. The van der Waals surface area contributed by atoms with Crippen LogP contribution in [-0.2, 0) is 4.79 Å². The maximum Gasteiger partial charge on any atom is 0.168 e. The van der Waals surface area contributed by atoms with E-state index in [4.69, 9.17) is 4.42 Å². The Morgan fingerprint density at radius 3 is 2.07 bits per heavy atom. The number of carbonyl (C=O) groups is 1. The van der Waals surface area contributed by atoms with Gasteiger partial charge in [-0.3, -0.25) is 4.79 Å². The van der Waals surface area contributed by atoms with Crippen LogP contribution >= 0.6 is 0 Å². The molecule has 0 aliphatic heterocycles. The molecule has 5 heteroatoms. The topological polar surface area (TPSA) is 98.0 Å². The zero-order valence-corrected chi connectivity index (χ0v) is 16.0. The minimum Gasteiger partial charge on any atom is -0.504 e. The second-order valence-corrected chi connectivity index (χ2v) is 7.27. The Hall–Kier alpha value is -4.09. The van der Waals surface area contributed by atoms with E-state index in [1.54, 1.807) is 36.4 Å². The molecule has 0 unspecified atom stereocenters. The first kappa shape index (κ1) is 19.2. The maximum atomic E-state index is 13.3. The second kappa shape index (κ2) is 7.73. The molecule has 1 fully saturated rings. The van der Waals surface area contributed by atoms with Crippen LogP contribution in [0.2, 0.25) is 0 Å². The van der Waals surface area contributed by atoms with Crippen LogP contribution in [0, 0.1) is 28.1 Å². The average molecular weight is 394 g/mol. The number of hydrogen-bond acceptors (Lipinski definition) is 5. The van der Waals surface area contributed by atoms with Gasteiger partial charge in [0.15, 0.2) is 22.7 Å². The number of nitrogens with zero attached hydrogens (tertiary/aromatic N) is 2. The third kappa shape index (κ3) is 2.98. The number of Topliss-reactive ketones (excluding diaryl/α,β-unsaturated/α-hetero) is 1. The van der Waals surface area contributed by atoms with Gasteiger partial charge in [-0.1, -0.05) is 60.7 Å². The van der Waals surface area contributed by atoms with Crippen molar-refractivity contribution in [2.45, 2.75) is 18.3 Å². The number of aliphatic hydroxyl groups excluding tert-OH is 1. The van der Waals surface area contributed by atoms with Crippen LogP contribution in [0.1, 0.15) is 35.1 Å². The molecule has 146 valence electrons. The zero-order valence-electron chi connectivity index (χ0n) is 16.0. The lowest BCUT2D eigenvalue weighted by atomic mass is 9.55. The molecule has 5 nitrogen and oxygen atoms in total. The van der Waals surface area contributed by atoms with Crippen molar-refractivity contribution in [1.29, 1.82) is 10.5 Å². The smallest absolute Gasteiger partial charge is 0.168 e. The highest BCUT2D eigenvalue weighted by Crippen LogP contribution is 2.56. The number of nitriles is 2. The summed E-state index contributed by atoms with van der Waals surface area (Å²) in [5, 5.41) is 31.6. The molecular weight excluding hydrogens is 376 g/mol. The lowest BCUT2D eigenvalue weighted by Gasteiger charge is -2.41. The van der Waals surface area contributed by atoms with Gasteiger partial charge >= 0.3 is 0 Å². The number of carbonyl (C=O) groups excluding carboxylic acids is 1. The van der Waals surface area contributed by atoms with E-state index in [0.717, 1.165) is 5.56 Å². The van der Waals surface area contributed by atoms with Gasteiger partial charge in [-0.15, -0.1) is 0 Å². The molecule has 2 atom stereocenters. The highest BCUT2D eigenvalue weighted by Gasteiger charge is 2.56. The fraction of sp³-hybridized carbons (Fsp3) is 0.160. The molecule has 0 bridgehead atoms. The van der Waals surface area contributed by atoms with E-state index in [9.17, 15) is 20.4 Å². The van der Waals surface area contributed by atoms with Crippen LogP contribution in [0.3, 0.4) is 0 Å². The van der Waals surface area contributed by atoms with Crippen LogP contribution in [0.4, 0.5) is 0 Å². The van der Waals surface area contributed by atoms with Crippen molar-refractivity contribution in [2.75, 3.05) is 0 Å². The number of hydrogen-bond donors (Lipinski definition) is 1. The van der Waals surface area contributed by atoms with Gasteiger partial charge in [0.2, 0.25) is 0 Å². The number of allylic oxidation sites excluding steroid dienone is 1. The van der Waals surface area contributed by atoms with Crippen molar-refractivity contribution in [3.05, 3.63) is 102 Å². The van der Waals surface area contributed by atoms with Gasteiger partial charge in [-0.05, 0) is 23.3 Å². The molecule has 0 amide bonds. The minimum atomic E-state index is -1.59. The first-order valence-corrected chi connectivity index (χ1v) is 9.55. The number of benzene rings is 2. The number of aliphatic hydroxyl groups is 1. The molecule has 0 radical (unpaired) electrons. The number of rotatable bonds is 3. The molecule has 1 heterocycles. The summed E-state index contributed by atoms with van der Waals surface area (Å²) in [6.45, 7) is 0. The molecule has 1 aromatic heterocycles. The molecule has 1 aliphatic carbocycles. The SMILES string of the molecule is N#CC1(C#N)[C@@H](c2ccccc2)CC(=O)/C(=C(/O)c2ccco2)[C@@H]1c1ccccc1. The summed E-state index contributed by atoms with van der Waals surface area (Å²) in [5.74, 6) is -2.10. The minimum absolute atomic E-state index is 0.0337. The summed E-state index contributed by atoms with van der Waals surface area (Å²) < 4.78 is 5.30. The van der Waals surface area contributed by atoms with E-state index < -0.39 is 17.3 Å². The summed E-state index contributed by atoms with van der Waals surface area (Å²) >= 11 is 0. The van der Waals surface area contributed by atoms with Crippen LogP contribution in [-0.4, -0.2) is 10.9 Å². The van der Waals surface area contributed by atoms with Crippen LogP contribution < -0.4 is 0 Å². The Morgan fingerprint density at radius 1 is 0.933 bits per heavy atom.